The lowest BCUT2D eigenvalue weighted by Gasteiger charge is -2.19. The maximum absolute atomic E-state index is 5.83. The normalized spacial score (nSPS) is 12.3. The number of nitrogens with one attached hydrogen (secondary N) is 1. The van der Waals surface area contributed by atoms with Crippen molar-refractivity contribution in [1.82, 2.24) is 5.32 Å². The number of hydrogen-bond donors (Lipinski definition) is 1. The molecule has 1 aromatic carbocycles. The Labute approximate surface area is 114 Å². The summed E-state index contributed by atoms with van der Waals surface area (Å²) in [5.74, 6) is 1.83. The molecule has 0 saturated carbocycles. The molecule has 0 saturated heterocycles. The minimum Gasteiger partial charge on any atom is -0.493 e. The van der Waals surface area contributed by atoms with Crippen molar-refractivity contribution in [1.29, 1.82) is 0 Å². The van der Waals surface area contributed by atoms with Gasteiger partial charge in [-0.25, -0.2) is 0 Å². The highest BCUT2D eigenvalue weighted by atomic mass is 16.5. The van der Waals surface area contributed by atoms with E-state index in [-0.39, 0.29) is 6.04 Å². The summed E-state index contributed by atoms with van der Waals surface area (Å²) in [4.78, 5) is 0. The molecule has 1 heterocycles. The summed E-state index contributed by atoms with van der Waals surface area (Å²) >= 11 is 0. The number of benzene rings is 1. The molecule has 2 aromatic rings. The van der Waals surface area contributed by atoms with Crippen LogP contribution in [0.2, 0.25) is 0 Å². The molecule has 3 heteroatoms. The van der Waals surface area contributed by atoms with Crippen molar-refractivity contribution in [2.24, 2.45) is 0 Å². The number of hydrogen-bond acceptors (Lipinski definition) is 3. The molecule has 0 radical (unpaired) electrons. The molecule has 102 valence electrons. The van der Waals surface area contributed by atoms with Crippen molar-refractivity contribution in [3.63, 3.8) is 0 Å². The van der Waals surface area contributed by atoms with Crippen molar-refractivity contribution in [3.05, 3.63) is 54.0 Å². The monoisotopic (exact) mass is 259 g/mol. The van der Waals surface area contributed by atoms with Crippen molar-refractivity contribution < 1.29 is 9.15 Å². The molecule has 0 fully saturated rings. The van der Waals surface area contributed by atoms with Gasteiger partial charge in [0.25, 0.3) is 0 Å². The van der Waals surface area contributed by atoms with Gasteiger partial charge in [-0.2, -0.15) is 0 Å². The van der Waals surface area contributed by atoms with Gasteiger partial charge in [-0.3, -0.25) is 0 Å². The van der Waals surface area contributed by atoms with Gasteiger partial charge < -0.3 is 14.5 Å². The Morgan fingerprint density at radius 1 is 1.16 bits per heavy atom. The van der Waals surface area contributed by atoms with Gasteiger partial charge >= 0.3 is 0 Å². The van der Waals surface area contributed by atoms with E-state index in [0.717, 1.165) is 36.6 Å². The Hall–Kier alpha value is -1.74. The summed E-state index contributed by atoms with van der Waals surface area (Å²) in [6.45, 7) is 5.80. The lowest BCUT2D eigenvalue weighted by Crippen LogP contribution is -2.22. The van der Waals surface area contributed by atoms with Crippen LogP contribution in [0, 0.1) is 0 Å². The van der Waals surface area contributed by atoms with Gasteiger partial charge in [0.15, 0.2) is 0 Å². The zero-order chi connectivity index (χ0) is 13.5. The van der Waals surface area contributed by atoms with Gasteiger partial charge in [-0.05, 0) is 31.2 Å². The second-order valence-electron chi connectivity index (χ2n) is 4.39. The molecule has 0 bridgehead atoms. The van der Waals surface area contributed by atoms with Crippen LogP contribution in [0.3, 0.4) is 0 Å². The zero-order valence-electron chi connectivity index (χ0n) is 11.6. The summed E-state index contributed by atoms with van der Waals surface area (Å²) in [5, 5.41) is 3.44. The van der Waals surface area contributed by atoms with Crippen molar-refractivity contribution in [2.45, 2.75) is 26.3 Å². The van der Waals surface area contributed by atoms with Crippen LogP contribution in [0.25, 0.3) is 0 Å². The van der Waals surface area contributed by atoms with E-state index < -0.39 is 0 Å². The Morgan fingerprint density at radius 2 is 2.00 bits per heavy atom. The number of para-hydroxylation sites is 1. The van der Waals surface area contributed by atoms with E-state index >= 15 is 0 Å². The third kappa shape index (κ3) is 3.38. The fourth-order valence-electron chi connectivity index (χ4n) is 2.09. The van der Waals surface area contributed by atoms with Gasteiger partial charge in [0.1, 0.15) is 11.5 Å². The Bertz CT molecular complexity index is 479. The molecule has 1 aromatic heterocycles. The van der Waals surface area contributed by atoms with Crippen LogP contribution in [-0.4, -0.2) is 13.2 Å². The Morgan fingerprint density at radius 3 is 2.68 bits per heavy atom. The second-order valence-corrected chi connectivity index (χ2v) is 4.39. The predicted molar refractivity (Wildman–Crippen MR) is 76.5 cm³/mol. The highest BCUT2D eigenvalue weighted by molar-refractivity contribution is 5.39. The molecule has 0 spiro atoms. The fraction of sp³-hybridized carbons (Fsp3) is 0.375. The molecule has 0 aliphatic heterocycles. The average Bonchev–Trinajstić information content (AvgIpc) is 2.97. The first-order valence-corrected chi connectivity index (χ1v) is 6.85. The molecule has 1 unspecified atom stereocenters. The van der Waals surface area contributed by atoms with Crippen LogP contribution in [-0.2, 0) is 0 Å². The molecule has 0 aliphatic carbocycles. The number of rotatable bonds is 7. The fourth-order valence-corrected chi connectivity index (χ4v) is 2.09. The topological polar surface area (TPSA) is 34.4 Å². The molecule has 2 rings (SSSR count). The van der Waals surface area contributed by atoms with E-state index in [0.29, 0.717) is 0 Å². The first kappa shape index (κ1) is 13.7. The predicted octanol–water partition coefficient (Wildman–Crippen LogP) is 3.77. The Balaban J connectivity index is 2.30. The molecular formula is C16H21NO2. The van der Waals surface area contributed by atoms with Gasteiger partial charge in [0, 0.05) is 5.56 Å². The minimum absolute atomic E-state index is 0.0352. The third-order valence-electron chi connectivity index (χ3n) is 2.93. The van der Waals surface area contributed by atoms with Gasteiger partial charge in [0.05, 0.1) is 18.9 Å². The highest BCUT2D eigenvalue weighted by Gasteiger charge is 2.19. The van der Waals surface area contributed by atoms with E-state index in [9.17, 15) is 0 Å². The maximum atomic E-state index is 5.83. The first-order valence-electron chi connectivity index (χ1n) is 6.85. The zero-order valence-corrected chi connectivity index (χ0v) is 11.6. The molecule has 3 nitrogen and oxygen atoms in total. The quantitative estimate of drug-likeness (QED) is 0.822. The van der Waals surface area contributed by atoms with E-state index in [1.165, 1.54) is 0 Å². The summed E-state index contributed by atoms with van der Waals surface area (Å²) < 4.78 is 11.4. The van der Waals surface area contributed by atoms with Crippen molar-refractivity contribution in [2.75, 3.05) is 13.2 Å². The van der Waals surface area contributed by atoms with Crippen LogP contribution in [0.1, 0.15) is 37.6 Å². The van der Waals surface area contributed by atoms with Crippen LogP contribution >= 0.6 is 0 Å². The van der Waals surface area contributed by atoms with E-state index in [2.05, 4.69) is 25.2 Å². The summed E-state index contributed by atoms with van der Waals surface area (Å²) in [6, 6.07) is 12.1. The van der Waals surface area contributed by atoms with Crippen LogP contribution < -0.4 is 10.1 Å². The van der Waals surface area contributed by atoms with Crippen LogP contribution in [0.15, 0.2) is 47.1 Å². The summed E-state index contributed by atoms with van der Waals surface area (Å²) in [6.07, 6.45) is 2.70. The summed E-state index contributed by atoms with van der Waals surface area (Å²) in [7, 11) is 0. The van der Waals surface area contributed by atoms with Gasteiger partial charge in [0.2, 0.25) is 0 Å². The van der Waals surface area contributed by atoms with Crippen molar-refractivity contribution in [3.8, 4) is 5.75 Å². The molecule has 1 atom stereocenters. The van der Waals surface area contributed by atoms with Gasteiger partial charge in [-0.15, -0.1) is 0 Å². The Kier molecular flexibility index (Phi) is 5.04. The van der Waals surface area contributed by atoms with E-state index in [1.54, 1.807) is 6.26 Å². The minimum atomic E-state index is 0.0352. The van der Waals surface area contributed by atoms with E-state index in [1.807, 2.05) is 30.3 Å². The number of furan rings is 1. The lowest BCUT2D eigenvalue weighted by molar-refractivity contribution is 0.309. The van der Waals surface area contributed by atoms with Crippen LogP contribution in [0.4, 0.5) is 0 Å². The molecule has 1 N–H and O–H groups in total. The second kappa shape index (κ2) is 7.00. The van der Waals surface area contributed by atoms with E-state index in [4.69, 9.17) is 9.15 Å². The van der Waals surface area contributed by atoms with Crippen LogP contribution in [0.5, 0.6) is 5.75 Å². The largest absolute Gasteiger partial charge is 0.493 e. The summed E-state index contributed by atoms with van der Waals surface area (Å²) in [5.41, 5.74) is 1.12. The molecule has 0 amide bonds. The standard InChI is InChI=1S/C16H21NO2/c1-3-11-18-14-9-6-5-8-13(14)16(17-4-2)15-10-7-12-19-15/h5-10,12,16-17H,3-4,11H2,1-2H3. The molecule has 19 heavy (non-hydrogen) atoms. The average molecular weight is 259 g/mol. The highest BCUT2D eigenvalue weighted by Crippen LogP contribution is 2.30. The molecule has 0 aliphatic rings. The number of ether oxygens (including phenoxy) is 1. The van der Waals surface area contributed by atoms with Crippen molar-refractivity contribution >= 4 is 0 Å². The SMILES string of the molecule is CCCOc1ccccc1C(NCC)c1ccco1. The lowest BCUT2D eigenvalue weighted by atomic mass is 10.0. The maximum Gasteiger partial charge on any atom is 0.125 e. The first-order chi connectivity index (χ1) is 9.36. The van der Waals surface area contributed by atoms with Gasteiger partial charge in [-0.1, -0.05) is 32.0 Å². The molecular weight excluding hydrogens is 238 g/mol. The third-order valence-corrected chi connectivity index (χ3v) is 2.93. The smallest absolute Gasteiger partial charge is 0.125 e.